The van der Waals surface area contributed by atoms with Gasteiger partial charge in [-0.2, -0.15) is 5.10 Å². The Morgan fingerprint density at radius 1 is 1.20 bits per heavy atom. The Morgan fingerprint density at radius 3 is 2.75 bits per heavy atom. The minimum atomic E-state index is 0.529. The van der Waals surface area contributed by atoms with E-state index in [0.717, 1.165) is 22.9 Å². The molecular weight excluding hydrogens is 270 g/mol. The number of nitrogens with zero attached hydrogens (tertiary/aromatic N) is 2. The summed E-state index contributed by atoms with van der Waals surface area (Å²) < 4.78 is 5.78. The first-order valence-corrected chi connectivity index (χ1v) is 7.94. The Kier molecular flexibility index (Phi) is 4.18. The van der Waals surface area contributed by atoms with Crippen molar-refractivity contribution in [1.82, 2.24) is 15.5 Å². The normalized spacial score (nSPS) is 14.2. The summed E-state index contributed by atoms with van der Waals surface area (Å²) in [5, 5.41) is 11.7. The molecule has 3 rings (SSSR count). The summed E-state index contributed by atoms with van der Waals surface area (Å²) in [6.45, 7) is 0.777. The van der Waals surface area contributed by atoms with Gasteiger partial charge in [-0.3, -0.25) is 0 Å². The van der Waals surface area contributed by atoms with Gasteiger partial charge in [-0.25, -0.2) is 0 Å². The Hall–Kier alpha value is -1.59. The average molecular weight is 287 g/mol. The molecular formula is C15H17N3OS. The van der Waals surface area contributed by atoms with Crippen molar-refractivity contribution in [3.63, 3.8) is 0 Å². The molecule has 0 unspecified atom stereocenters. The maximum atomic E-state index is 5.78. The number of thioether (sulfide) groups is 1. The highest BCUT2D eigenvalue weighted by Gasteiger charge is 2.20. The number of hydrogen-bond donors (Lipinski definition) is 1. The van der Waals surface area contributed by atoms with E-state index in [2.05, 4.69) is 15.5 Å². The highest BCUT2D eigenvalue weighted by Crippen LogP contribution is 2.30. The Balaban J connectivity index is 1.64. The summed E-state index contributed by atoms with van der Waals surface area (Å²) in [4.78, 5) is 1.09. The Morgan fingerprint density at radius 2 is 2.05 bits per heavy atom. The van der Waals surface area contributed by atoms with Crippen molar-refractivity contribution in [2.45, 2.75) is 30.3 Å². The van der Waals surface area contributed by atoms with Crippen LogP contribution in [0.5, 0.6) is 11.6 Å². The largest absolute Gasteiger partial charge is 0.436 e. The molecule has 0 amide bonds. The van der Waals surface area contributed by atoms with Crippen LogP contribution in [0.1, 0.15) is 18.5 Å². The molecule has 0 radical (unpaired) electrons. The summed E-state index contributed by atoms with van der Waals surface area (Å²) in [7, 11) is 0. The van der Waals surface area contributed by atoms with Crippen LogP contribution in [-0.2, 0) is 6.54 Å². The molecule has 0 spiro atoms. The lowest BCUT2D eigenvalue weighted by atomic mass is 10.3. The molecule has 1 aromatic carbocycles. The SMILES string of the molecule is CSc1ccccc1Oc1ccc(CNC2CC2)nn1. The third kappa shape index (κ3) is 3.49. The van der Waals surface area contributed by atoms with Gasteiger partial charge in [0.25, 0.3) is 0 Å². The average Bonchev–Trinajstić information content (AvgIpc) is 3.31. The van der Waals surface area contributed by atoms with Gasteiger partial charge in [0, 0.05) is 23.5 Å². The molecule has 0 bridgehead atoms. The second-order valence-corrected chi connectivity index (χ2v) is 5.62. The zero-order chi connectivity index (χ0) is 13.8. The molecule has 5 heteroatoms. The van der Waals surface area contributed by atoms with E-state index in [1.807, 2.05) is 42.7 Å². The third-order valence-electron chi connectivity index (χ3n) is 3.13. The standard InChI is InChI=1S/C15H17N3OS/c1-20-14-5-3-2-4-13(14)19-15-9-8-12(17-18-15)10-16-11-6-7-11/h2-5,8-9,11,16H,6-7,10H2,1H3. The zero-order valence-corrected chi connectivity index (χ0v) is 12.2. The fraction of sp³-hybridized carbons (Fsp3) is 0.333. The van der Waals surface area contributed by atoms with Gasteiger partial charge in [-0.1, -0.05) is 12.1 Å². The summed E-state index contributed by atoms with van der Waals surface area (Å²) in [6, 6.07) is 12.4. The summed E-state index contributed by atoms with van der Waals surface area (Å²) in [5.74, 6) is 1.35. The van der Waals surface area contributed by atoms with Gasteiger partial charge in [0.15, 0.2) is 0 Å². The lowest BCUT2D eigenvalue weighted by Crippen LogP contribution is -2.16. The highest BCUT2D eigenvalue weighted by atomic mass is 32.2. The van der Waals surface area contributed by atoms with Crippen LogP contribution < -0.4 is 10.1 Å². The molecule has 1 aliphatic rings. The van der Waals surface area contributed by atoms with E-state index in [1.54, 1.807) is 11.8 Å². The topological polar surface area (TPSA) is 47.0 Å². The van der Waals surface area contributed by atoms with Gasteiger partial charge in [0.2, 0.25) is 5.88 Å². The predicted molar refractivity (Wildman–Crippen MR) is 80.2 cm³/mol. The lowest BCUT2D eigenvalue weighted by Gasteiger charge is -2.08. The van der Waals surface area contributed by atoms with E-state index in [4.69, 9.17) is 4.74 Å². The number of aromatic nitrogens is 2. The number of nitrogens with one attached hydrogen (secondary N) is 1. The van der Waals surface area contributed by atoms with E-state index in [-0.39, 0.29) is 0 Å². The van der Waals surface area contributed by atoms with Crippen molar-refractivity contribution in [2.24, 2.45) is 0 Å². The van der Waals surface area contributed by atoms with Crippen LogP contribution >= 0.6 is 11.8 Å². The first-order valence-electron chi connectivity index (χ1n) is 6.72. The first-order chi connectivity index (χ1) is 9.85. The third-order valence-corrected chi connectivity index (χ3v) is 3.91. The van der Waals surface area contributed by atoms with E-state index < -0.39 is 0 Å². The van der Waals surface area contributed by atoms with Crippen molar-refractivity contribution < 1.29 is 4.74 Å². The van der Waals surface area contributed by atoms with Crippen molar-refractivity contribution in [3.8, 4) is 11.6 Å². The number of ether oxygens (including phenoxy) is 1. The van der Waals surface area contributed by atoms with Crippen molar-refractivity contribution >= 4 is 11.8 Å². The van der Waals surface area contributed by atoms with E-state index >= 15 is 0 Å². The number of para-hydroxylation sites is 1. The van der Waals surface area contributed by atoms with Crippen LogP contribution in [0.15, 0.2) is 41.3 Å². The highest BCUT2D eigenvalue weighted by molar-refractivity contribution is 7.98. The molecule has 0 saturated heterocycles. The molecule has 1 aliphatic carbocycles. The Labute approximate surface area is 123 Å². The molecule has 4 nitrogen and oxygen atoms in total. The quantitative estimate of drug-likeness (QED) is 0.826. The molecule has 2 aromatic rings. The van der Waals surface area contributed by atoms with E-state index in [9.17, 15) is 0 Å². The predicted octanol–water partition coefficient (Wildman–Crippen LogP) is 3.24. The molecule has 1 fully saturated rings. The van der Waals surface area contributed by atoms with Crippen LogP contribution in [0.3, 0.4) is 0 Å². The van der Waals surface area contributed by atoms with Crippen molar-refractivity contribution in [1.29, 1.82) is 0 Å². The summed E-state index contributed by atoms with van der Waals surface area (Å²) in [5.41, 5.74) is 0.947. The maximum Gasteiger partial charge on any atom is 0.238 e. The van der Waals surface area contributed by atoms with E-state index in [0.29, 0.717) is 11.9 Å². The number of benzene rings is 1. The molecule has 1 saturated carbocycles. The second-order valence-electron chi connectivity index (χ2n) is 4.77. The van der Waals surface area contributed by atoms with Gasteiger partial charge < -0.3 is 10.1 Å². The molecule has 0 atom stereocenters. The molecule has 20 heavy (non-hydrogen) atoms. The monoisotopic (exact) mass is 287 g/mol. The first kappa shape index (κ1) is 13.4. The molecule has 104 valence electrons. The van der Waals surface area contributed by atoms with Gasteiger partial charge in [-0.15, -0.1) is 16.9 Å². The fourth-order valence-electron chi connectivity index (χ4n) is 1.85. The van der Waals surface area contributed by atoms with Gasteiger partial charge in [0.1, 0.15) is 5.75 Å². The summed E-state index contributed by atoms with van der Waals surface area (Å²) >= 11 is 1.65. The molecule has 1 N–H and O–H groups in total. The molecule has 0 aliphatic heterocycles. The number of hydrogen-bond acceptors (Lipinski definition) is 5. The zero-order valence-electron chi connectivity index (χ0n) is 11.4. The lowest BCUT2D eigenvalue weighted by molar-refractivity contribution is 0.443. The molecule has 1 aromatic heterocycles. The maximum absolute atomic E-state index is 5.78. The minimum Gasteiger partial charge on any atom is -0.436 e. The minimum absolute atomic E-state index is 0.529. The smallest absolute Gasteiger partial charge is 0.238 e. The van der Waals surface area contributed by atoms with Gasteiger partial charge in [0.05, 0.1) is 5.69 Å². The van der Waals surface area contributed by atoms with Crippen LogP contribution in [0, 0.1) is 0 Å². The van der Waals surface area contributed by atoms with Gasteiger partial charge in [-0.05, 0) is 37.3 Å². The van der Waals surface area contributed by atoms with Crippen LogP contribution in [0.4, 0.5) is 0 Å². The van der Waals surface area contributed by atoms with E-state index in [1.165, 1.54) is 12.8 Å². The van der Waals surface area contributed by atoms with Crippen molar-refractivity contribution in [3.05, 3.63) is 42.1 Å². The second kappa shape index (κ2) is 6.24. The van der Waals surface area contributed by atoms with Crippen LogP contribution in [0.25, 0.3) is 0 Å². The summed E-state index contributed by atoms with van der Waals surface area (Å²) in [6.07, 6.45) is 4.58. The van der Waals surface area contributed by atoms with Crippen LogP contribution in [0.2, 0.25) is 0 Å². The number of rotatable bonds is 6. The van der Waals surface area contributed by atoms with Gasteiger partial charge >= 0.3 is 0 Å². The fourth-order valence-corrected chi connectivity index (χ4v) is 2.37. The van der Waals surface area contributed by atoms with Crippen LogP contribution in [-0.4, -0.2) is 22.5 Å². The Bertz CT molecular complexity index is 570. The van der Waals surface area contributed by atoms with Crippen molar-refractivity contribution in [2.75, 3.05) is 6.26 Å². The molecule has 1 heterocycles.